The number of nitrogens with zero attached hydrogens (tertiary/aromatic N) is 1. The topological polar surface area (TPSA) is 57.2 Å². The summed E-state index contributed by atoms with van der Waals surface area (Å²) in [7, 11) is -4.27. The summed E-state index contributed by atoms with van der Waals surface area (Å²) < 4.78 is 32.5. The molecule has 0 amide bonds. The molecule has 0 saturated heterocycles. The predicted octanol–water partition coefficient (Wildman–Crippen LogP) is 5.46. The molecule has 1 rings (SSSR count). The highest BCUT2D eigenvalue weighted by molar-refractivity contribution is 9.09. The lowest BCUT2D eigenvalue weighted by Gasteiger charge is -2.37. The molecular weight excluding hydrogens is 414 g/mol. The zero-order chi connectivity index (χ0) is 20.1. The average molecular weight is 450 g/mol. The number of aryl methyl sites for hydroxylation is 1. The minimum Gasteiger partial charge on any atom is -0.744 e. The molecule has 26 heavy (non-hydrogen) atoms. The second-order valence-corrected chi connectivity index (χ2v) is 8.84. The Kier molecular flexibility index (Phi) is 13.5. The molecule has 0 spiro atoms. The third-order valence-corrected chi connectivity index (χ3v) is 6.43. The molecule has 0 fully saturated rings. The lowest BCUT2D eigenvalue weighted by atomic mass is 10.2. The molecule has 1 aromatic rings. The van der Waals surface area contributed by atoms with Crippen LogP contribution in [0.1, 0.15) is 64.9 Å². The van der Waals surface area contributed by atoms with Crippen molar-refractivity contribution >= 4 is 26.0 Å². The zero-order valence-electron chi connectivity index (χ0n) is 16.8. The Morgan fingerprint density at radius 1 is 0.885 bits per heavy atom. The molecule has 0 atom stereocenters. The molecule has 0 heterocycles. The van der Waals surface area contributed by atoms with E-state index >= 15 is 0 Å². The molecule has 6 heteroatoms. The third kappa shape index (κ3) is 10.7. The van der Waals surface area contributed by atoms with Crippen LogP contribution in [-0.4, -0.2) is 42.5 Å². The number of hydrogen-bond acceptors (Lipinski definition) is 3. The van der Waals surface area contributed by atoms with Crippen molar-refractivity contribution in [1.29, 1.82) is 0 Å². The van der Waals surface area contributed by atoms with Gasteiger partial charge in [0.1, 0.15) is 15.6 Å². The second kappa shape index (κ2) is 13.7. The van der Waals surface area contributed by atoms with E-state index in [1.54, 1.807) is 12.1 Å². The molecule has 0 unspecified atom stereocenters. The van der Waals surface area contributed by atoms with Crippen LogP contribution >= 0.6 is 15.9 Å². The first-order valence-electron chi connectivity index (χ1n) is 9.68. The SMILES string of the molecule is CCCC[N+](CBr)(CCCC)CCCC.Cc1ccc(S(=O)(=O)[O-])cc1. The summed E-state index contributed by atoms with van der Waals surface area (Å²) in [5.74, 6) is 0. The number of benzene rings is 1. The van der Waals surface area contributed by atoms with Gasteiger partial charge < -0.3 is 9.04 Å². The van der Waals surface area contributed by atoms with Gasteiger partial charge in [-0.2, -0.15) is 0 Å². The molecule has 0 aliphatic rings. The molecule has 0 aromatic heterocycles. The molecule has 0 radical (unpaired) electrons. The smallest absolute Gasteiger partial charge is 0.134 e. The van der Waals surface area contributed by atoms with Crippen LogP contribution in [0, 0.1) is 6.92 Å². The predicted molar refractivity (Wildman–Crippen MR) is 113 cm³/mol. The van der Waals surface area contributed by atoms with Gasteiger partial charge in [-0.05, 0) is 54.2 Å². The van der Waals surface area contributed by atoms with E-state index in [-0.39, 0.29) is 4.90 Å². The molecule has 152 valence electrons. The van der Waals surface area contributed by atoms with Gasteiger partial charge in [-0.3, -0.25) is 0 Å². The number of unbranched alkanes of at least 4 members (excludes halogenated alkanes) is 3. The fraction of sp³-hybridized carbons (Fsp3) is 0.700. The van der Waals surface area contributed by atoms with Crippen LogP contribution in [0.3, 0.4) is 0 Å². The van der Waals surface area contributed by atoms with E-state index in [9.17, 15) is 13.0 Å². The first kappa shape index (κ1) is 25.6. The largest absolute Gasteiger partial charge is 0.744 e. The minimum atomic E-state index is -4.27. The van der Waals surface area contributed by atoms with Crippen molar-refractivity contribution in [3.63, 3.8) is 0 Å². The monoisotopic (exact) mass is 449 g/mol. The van der Waals surface area contributed by atoms with Gasteiger partial charge in [-0.15, -0.1) is 0 Å². The van der Waals surface area contributed by atoms with E-state index in [2.05, 4.69) is 36.7 Å². The maximum absolute atomic E-state index is 10.4. The zero-order valence-corrected chi connectivity index (χ0v) is 19.2. The molecule has 1 aromatic carbocycles. The van der Waals surface area contributed by atoms with Crippen molar-refractivity contribution in [1.82, 2.24) is 0 Å². The summed E-state index contributed by atoms with van der Waals surface area (Å²) >= 11 is 3.74. The fourth-order valence-corrected chi connectivity index (χ4v) is 3.92. The minimum absolute atomic E-state index is 0.178. The maximum Gasteiger partial charge on any atom is 0.134 e. The van der Waals surface area contributed by atoms with Gasteiger partial charge in [0.25, 0.3) is 0 Å². The summed E-state index contributed by atoms with van der Waals surface area (Å²) in [6, 6.07) is 5.78. The fourth-order valence-electron chi connectivity index (χ4n) is 2.70. The summed E-state index contributed by atoms with van der Waals surface area (Å²) in [6.07, 6.45) is 8.10. The van der Waals surface area contributed by atoms with Crippen molar-refractivity contribution in [2.45, 2.75) is 71.1 Å². The Balaban J connectivity index is 0.000000502. The number of alkyl halides is 1. The maximum atomic E-state index is 10.4. The van der Waals surface area contributed by atoms with E-state index in [4.69, 9.17) is 0 Å². The standard InChI is InChI=1S/C13H29BrN.C7H8O3S/c1-4-7-10-15(13-14,11-8-5-2)12-9-6-3;1-6-2-4-7(5-3-6)11(8,9)10/h4-13H2,1-3H3;2-5H,1H3,(H,8,9,10)/q+1;/p-1. The molecule has 0 saturated carbocycles. The van der Waals surface area contributed by atoms with Crippen LogP contribution < -0.4 is 0 Å². The number of halogens is 1. The Hall–Kier alpha value is -0.430. The van der Waals surface area contributed by atoms with E-state index in [1.165, 1.54) is 74.8 Å². The highest BCUT2D eigenvalue weighted by Gasteiger charge is 2.23. The van der Waals surface area contributed by atoms with E-state index in [0.29, 0.717) is 0 Å². The molecular formula is C20H36BrNO3S. The second-order valence-electron chi connectivity index (χ2n) is 6.96. The lowest BCUT2D eigenvalue weighted by molar-refractivity contribution is -0.915. The van der Waals surface area contributed by atoms with Gasteiger partial charge in [0.2, 0.25) is 0 Å². The van der Waals surface area contributed by atoms with E-state index in [1.807, 2.05) is 6.92 Å². The molecule has 0 bridgehead atoms. The summed E-state index contributed by atoms with van der Waals surface area (Å²) in [6.45, 7) is 12.8. The van der Waals surface area contributed by atoms with Crippen LogP contribution in [0.5, 0.6) is 0 Å². The van der Waals surface area contributed by atoms with Gasteiger partial charge in [0.15, 0.2) is 0 Å². The normalized spacial score (nSPS) is 11.8. The Morgan fingerprint density at radius 3 is 1.54 bits per heavy atom. The Bertz CT molecular complexity index is 551. The van der Waals surface area contributed by atoms with E-state index < -0.39 is 10.1 Å². The number of quaternary nitrogens is 1. The van der Waals surface area contributed by atoms with Gasteiger partial charge in [-0.25, -0.2) is 8.42 Å². The van der Waals surface area contributed by atoms with Crippen molar-refractivity contribution in [3.8, 4) is 0 Å². The Morgan fingerprint density at radius 2 is 1.27 bits per heavy atom. The van der Waals surface area contributed by atoms with Gasteiger partial charge in [0, 0.05) is 0 Å². The van der Waals surface area contributed by atoms with Crippen LogP contribution in [0.4, 0.5) is 0 Å². The number of rotatable bonds is 11. The van der Waals surface area contributed by atoms with Crippen LogP contribution in [0.25, 0.3) is 0 Å². The first-order chi connectivity index (χ1) is 12.2. The van der Waals surface area contributed by atoms with Crippen LogP contribution in [0.2, 0.25) is 0 Å². The number of hydrogen-bond donors (Lipinski definition) is 0. The van der Waals surface area contributed by atoms with Crippen LogP contribution in [0.15, 0.2) is 29.2 Å². The lowest BCUT2D eigenvalue weighted by Crippen LogP contribution is -2.49. The van der Waals surface area contributed by atoms with Crippen molar-refractivity contribution < 1.29 is 17.5 Å². The van der Waals surface area contributed by atoms with Crippen molar-refractivity contribution in [2.24, 2.45) is 0 Å². The van der Waals surface area contributed by atoms with E-state index in [0.717, 1.165) is 11.0 Å². The molecule has 0 N–H and O–H groups in total. The van der Waals surface area contributed by atoms with Crippen LogP contribution in [-0.2, 0) is 10.1 Å². The molecule has 0 aliphatic carbocycles. The van der Waals surface area contributed by atoms with Gasteiger partial charge in [0.05, 0.1) is 24.5 Å². The van der Waals surface area contributed by atoms with Crippen molar-refractivity contribution in [3.05, 3.63) is 29.8 Å². The first-order valence-corrected chi connectivity index (χ1v) is 12.2. The summed E-state index contributed by atoms with van der Waals surface area (Å²) in [5.41, 5.74) is 2.07. The quantitative estimate of drug-likeness (QED) is 0.195. The third-order valence-electron chi connectivity index (χ3n) is 4.52. The summed E-state index contributed by atoms with van der Waals surface area (Å²) in [5, 5.41) is 0. The Labute approximate surface area is 169 Å². The highest BCUT2D eigenvalue weighted by atomic mass is 79.9. The van der Waals surface area contributed by atoms with Gasteiger partial charge >= 0.3 is 0 Å². The highest BCUT2D eigenvalue weighted by Crippen LogP contribution is 2.16. The molecule has 0 aliphatic heterocycles. The average Bonchev–Trinajstić information content (AvgIpc) is 2.62. The summed E-state index contributed by atoms with van der Waals surface area (Å²) in [4.78, 5) is -0.178. The van der Waals surface area contributed by atoms with Crippen molar-refractivity contribution in [2.75, 3.05) is 25.1 Å². The van der Waals surface area contributed by atoms with Gasteiger partial charge in [-0.1, -0.05) is 57.7 Å². The molecule has 4 nitrogen and oxygen atoms in total.